The number of hydrogen-bond acceptors (Lipinski definition) is 7. The van der Waals surface area contributed by atoms with Crippen molar-refractivity contribution < 1.29 is 9.53 Å². The number of rotatable bonds is 4. The van der Waals surface area contributed by atoms with E-state index in [0.717, 1.165) is 5.39 Å². The highest BCUT2D eigenvalue weighted by Crippen LogP contribution is 2.19. The van der Waals surface area contributed by atoms with Gasteiger partial charge in [0.15, 0.2) is 12.4 Å². The summed E-state index contributed by atoms with van der Waals surface area (Å²) in [5, 5.41) is 4.85. The molecule has 0 spiro atoms. The van der Waals surface area contributed by atoms with Gasteiger partial charge in [-0.3, -0.25) is 0 Å². The van der Waals surface area contributed by atoms with Crippen molar-refractivity contribution in [2.75, 3.05) is 11.5 Å². The van der Waals surface area contributed by atoms with Gasteiger partial charge < -0.3 is 16.2 Å². The Labute approximate surface area is 138 Å². The summed E-state index contributed by atoms with van der Waals surface area (Å²) in [5.41, 5.74) is 12.7. The largest absolute Gasteiger partial charge is 0.454 e. The third kappa shape index (κ3) is 2.85. The zero-order chi connectivity index (χ0) is 17.3. The van der Waals surface area contributed by atoms with Crippen molar-refractivity contribution in [2.24, 2.45) is 0 Å². The first-order chi connectivity index (χ1) is 11.5. The van der Waals surface area contributed by atoms with Crippen LogP contribution < -0.4 is 11.5 Å². The van der Waals surface area contributed by atoms with Gasteiger partial charge in [0.05, 0.1) is 11.7 Å². The molecule has 0 aliphatic heterocycles. The number of aromatic nitrogens is 4. The maximum absolute atomic E-state index is 12.2. The van der Waals surface area contributed by atoms with Crippen molar-refractivity contribution in [2.45, 2.75) is 26.5 Å². The second kappa shape index (κ2) is 6.15. The Kier molecular flexibility index (Phi) is 4.03. The van der Waals surface area contributed by atoms with Crippen LogP contribution in [-0.4, -0.2) is 25.7 Å². The smallest absolute Gasteiger partial charge is 0.343 e. The van der Waals surface area contributed by atoms with Crippen LogP contribution in [0.2, 0.25) is 0 Å². The number of benzene rings is 1. The quantitative estimate of drug-likeness (QED) is 0.702. The number of nitrogens with two attached hydrogens (primary N) is 2. The third-order valence-electron chi connectivity index (χ3n) is 3.55. The van der Waals surface area contributed by atoms with Crippen LogP contribution in [0.5, 0.6) is 0 Å². The third-order valence-corrected chi connectivity index (χ3v) is 3.55. The van der Waals surface area contributed by atoms with Crippen molar-refractivity contribution in [1.82, 2.24) is 19.7 Å². The molecular weight excluding hydrogens is 308 g/mol. The monoisotopic (exact) mass is 326 g/mol. The first-order valence-corrected chi connectivity index (χ1v) is 7.48. The molecule has 0 atom stereocenters. The lowest BCUT2D eigenvalue weighted by Gasteiger charge is -2.08. The van der Waals surface area contributed by atoms with Crippen molar-refractivity contribution in [3.63, 3.8) is 0 Å². The second-order valence-electron chi connectivity index (χ2n) is 5.60. The first-order valence-electron chi connectivity index (χ1n) is 7.48. The molecule has 2 aromatic heterocycles. The van der Waals surface area contributed by atoms with Crippen molar-refractivity contribution in [3.05, 3.63) is 41.9 Å². The number of nitrogens with zero attached hydrogens (tertiary/aromatic N) is 4. The van der Waals surface area contributed by atoms with Crippen LogP contribution in [-0.2, 0) is 11.3 Å². The summed E-state index contributed by atoms with van der Waals surface area (Å²) in [5.74, 6) is 0.372. The summed E-state index contributed by atoms with van der Waals surface area (Å²) in [6.07, 6.45) is 1.40. The topological polar surface area (TPSA) is 122 Å². The summed E-state index contributed by atoms with van der Waals surface area (Å²) in [4.78, 5) is 20.7. The highest BCUT2D eigenvalue weighted by molar-refractivity contribution is 5.94. The van der Waals surface area contributed by atoms with Gasteiger partial charge in [-0.2, -0.15) is 5.10 Å². The minimum atomic E-state index is -0.574. The molecule has 0 radical (unpaired) electrons. The van der Waals surface area contributed by atoms with Crippen LogP contribution in [0.4, 0.5) is 11.6 Å². The summed E-state index contributed by atoms with van der Waals surface area (Å²) in [7, 11) is 0. The number of carbonyl (C=O) groups excluding carboxylic acids is 1. The molecule has 0 fully saturated rings. The molecule has 2 heterocycles. The number of anilines is 2. The van der Waals surface area contributed by atoms with E-state index >= 15 is 0 Å². The Morgan fingerprint density at radius 3 is 2.71 bits per heavy atom. The number of fused-ring (bicyclic) bond motifs is 1. The Balaban J connectivity index is 1.77. The summed E-state index contributed by atoms with van der Waals surface area (Å²) in [6.45, 7) is 3.74. The fourth-order valence-corrected chi connectivity index (χ4v) is 2.36. The van der Waals surface area contributed by atoms with E-state index < -0.39 is 5.97 Å². The van der Waals surface area contributed by atoms with Gasteiger partial charge in [0, 0.05) is 11.4 Å². The van der Waals surface area contributed by atoms with Crippen molar-refractivity contribution in [3.8, 4) is 0 Å². The van der Waals surface area contributed by atoms with Gasteiger partial charge in [0.1, 0.15) is 17.2 Å². The summed E-state index contributed by atoms with van der Waals surface area (Å²) >= 11 is 0. The zero-order valence-electron chi connectivity index (χ0n) is 13.4. The summed E-state index contributed by atoms with van der Waals surface area (Å²) in [6, 6.07) is 7.42. The van der Waals surface area contributed by atoms with Crippen LogP contribution in [0.1, 0.15) is 36.1 Å². The minimum Gasteiger partial charge on any atom is -0.454 e. The maximum Gasteiger partial charge on any atom is 0.343 e. The van der Waals surface area contributed by atoms with Crippen LogP contribution in [0.25, 0.3) is 10.9 Å². The molecule has 0 unspecified atom stereocenters. The van der Waals surface area contributed by atoms with E-state index in [4.69, 9.17) is 16.2 Å². The zero-order valence-corrected chi connectivity index (χ0v) is 13.4. The Bertz CT molecular complexity index is 903. The molecular formula is C16H18N6O2. The lowest BCUT2D eigenvalue weighted by atomic mass is 10.2. The molecule has 0 bridgehead atoms. The molecule has 3 rings (SSSR count). The normalized spacial score (nSPS) is 11.1. The fourth-order valence-electron chi connectivity index (χ4n) is 2.36. The molecule has 8 heteroatoms. The predicted molar refractivity (Wildman–Crippen MR) is 90.1 cm³/mol. The van der Waals surface area contributed by atoms with Crippen LogP contribution >= 0.6 is 0 Å². The van der Waals surface area contributed by atoms with Gasteiger partial charge in [0.2, 0.25) is 0 Å². The molecule has 0 amide bonds. The molecule has 24 heavy (non-hydrogen) atoms. The molecule has 1 aromatic carbocycles. The Morgan fingerprint density at radius 1 is 1.25 bits per heavy atom. The molecule has 0 saturated heterocycles. The van der Waals surface area contributed by atoms with E-state index in [9.17, 15) is 4.79 Å². The number of carbonyl (C=O) groups is 1. The van der Waals surface area contributed by atoms with Crippen LogP contribution in [0.3, 0.4) is 0 Å². The molecule has 8 nitrogen and oxygen atoms in total. The number of esters is 1. The summed E-state index contributed by atoms with van der Waals surface area (Å²) < 4.78 is 6.80. The van der Waals surface area contributed by atoms with Gasteiger partial charge in [-0.15, -0.1) is 0 Å². The van der Waals surface area contributed by atoms with E-state index in [1.165, 1.54) is 6.20 Å². The Hall–Kier alpha value is -3.16. The van der Waals surface area contributed by atoms with E-state index in [2.05, 4.69) is 15.1 Å². The predicted octanol–water partition coefficient (Wildman–Crippen LogP) is 1.93. The maximum atomic E-state index is 12.2. The van der Waals surface area contributed by atoms with Gasteiger partial charge in [-0.05, 0) is 26.0 Å². The number of nitrogen functional groups attached to an aromatic ring is 2. The van der Waals surface area contributed by atoms with E-state index in [1.807, 2.05) is 38.1 Å². The number of ether oxygens (including phenoxy) is 1. The average Bonchev–Trinajstić information content (AvgIpc) is 2.94. The number of hydrogen-bond donors (Lipinski definition) is 2. The Morgan fingerprint density at radius 2 is 2.00 bits per heavy atom. The minimum absolute atomic E-state index is 0.0511. The first kappa shape index (κ1) is 15.7. The SMILES string of the molecule is CC(C)n1ncc(C(=O)OCc2nc(N)c3ccccc3n2)c1N. The molecule has 0 saturated carbocycles. The lowest BCUT2D eigenvalue weighted by molar-refractivity contribution is 0.0464. The molecule has 3 aromatic rings. The average molecular weight is 326 g/mol. The molecule has 0 aliphatic rings. The lowest BCUT2D eigenvalue weighted by Crippen LogP contribution is -2.12. The van der Waals surface area contributed by atoms with Crippen LogP contribution in [0.15, 0.2) is 30.5 Å². The second-order valence-corrected chi connectivity index (χ2v) is 5.60. The fraction of sp³-hybridized carbons (Fsp3) is 0.250. The van der Waals surface area contributed by atoms with E-state index in [0.29, 0.717) is 17.2 Å². The number of para-hydroxylation sites is 1. The van der Waals surface area contributed by atoms with E-state index in [-0.39, 0.29) is 24.0 Å². The molecule has 124 valence electrons. The standard InChI is InChI=1S/C16H18N6O2/c1-9(2)22-15(18)11(7-19-22)16(23)24-8-13-20-12-6-4-3-5-10(12)14(17)21-13/h3-7,9H,8,18H2,1-2H3,(H2,17,20,21). The van der Waals surface area contributed by atoms with Crippen molar-refractivity contribution >= 4 is 28.5 Å². The van der Waals surface area contributed by atoms with Crippen LogP contribution in [0, 0.1) is 0 Å². The van der Waals surface area contributed by atoms with Gasteiger partial charge in [-0.1, -0.05) is 12.1 Å². The van der Waals surface area contributed by atoms with E-state index in [1.54, 1.807) is 4.68 Å². The highest BCUT2D eigenvalue weighted by Gasteiger charge is 2.18. The molecule has 0 aliphatic carbocycles. The van der Waals surface area contributed by atoms with Gasteiger partial charge >= 0.3 is 5.97 Å². The molecule has 4 N–H and O–H groups in total. The highest BCUT2D eigenvalue weighted by atomic mass is 16.5. The van der Waals surface area contributed by atoms with Crippen molar-refractivity contribution in [1.29, 1.82) is 0 Å². The van der Waals surface area contributed by atoms with Gasteiger partial charge in [0.25, 0.3) is 0 Å². The van der Waals surface area contributed by atoms with Gasteiger partial charge in [-0.25, -0.2) is 19.4 Å².